The molecule has 0 aromatic rings. The molecular weight excluding hydrogens is 180 g/mol. The van der Waals surface area contributed by atoms with Gasteiger partial charge in [-0.2, -0.15) is 0 Å². The molecule has 0 saturated heterocycles. The number of rotatable bonds is 0. The number of anilines is 1. The summed E-state index contributed by atoms with van der Waals surface area (Å²) in [6.07, 6.45) is 1.50. The standard InChI is InChI=1S/C9H10N4O/c1-11-8-3-2-7(10)9-6(8)4-5-12-13(9)14/h2-5,14H,10H2,1H3. The summed E-state index contributed by atoms with van der Waals surface area (Å²) < 4.78 is 0. The highest BCUT2D eigenvalue weighted by molar-refractivity contribution is 5.73. The van der Waals surface area contributed by atoms with Gasteiger partial charge < -0.3 is 10.9 Å². The van der Waals surface area contributed by atoms with E-state index >= 15 is 0 Å². The van der Waals surface area contributed by atoms with Crippen LogP contribution in [0, 0.1) is 0 Å². The van der Waals surface area contributed by atoms with E-state index in [2.05, 4.69) is 10.1 Å². The van der Waals surface area contributed by atoms with Crippen LogP contribution in [0.5, 0.6) is 0 Å². The fourth-order valence-electron chi connectivity index (χ4n) is 1.43. The second-order valence-corrected chi connectivity index (χ2v) is 2.88. The zero-order valence-corrected chi connectivity index (χ0v) is 7.68. The first kappa shape index (κ1) is 8.55. The van der Waals surface area contributed by atoms with Crippen molar-refractivity contribution in [3.05, 3.63) is 29.8 Å². The zero-order chi connectivity index (χ0) is 10.1. The van der Waals surface area contributed by atoms with Crippen LogP contribution in [0.4, 0.5) is 5.69 Å². The average molecular weight is 190 g/mol. The van der Waals surface area contributed by atoms with Crippen LogP contribution in [-0.2, 0) is 0 Å². The number of nitrogens with two attached hydrogens (primary N) is 1. The van der Waals surface area contributed by atoms with Gasteiger partial charge in [-0.1, -0.05) is 4.85 Å². The number of nitrogens with zero attached hydrogens (tertiary/aromatic N) is 3. The van der Waals surface area contributed by atoms with Gasteiger partial charge in [0.25, 0.3) is 0 Å². The molecule has 0 aromatic carbocycles. The summed E-state index contributed by atoms with van der Waals surface area (Å²) >= 11 is 0. The Bertz CT molecular complexity index is 503. The molecule has 5 heteroatoms. The predicted molar refractivity (Wildman–Crippen MR) is 51.9 cm³/mol. The minimum absolute atomic E-state index is 0.475. The average Bonchev–Trinajstić information content (AvgIpc) is 2.18. The molecule has 0 fully saturated rings. The lowest BCUT2D eigenvalue weighted by Gasteiger charge is -2.10. The predicted octanol–water partition coefficient (Wildman–Crippen LogP) is 0.338. The van der Waals surface area contributed by atoms with Gasteiger partial charge in [-0.3, -0.25) is 4.99 Å². The molecule has 2 aliphatic rings. The van der Waals surface area contributed by atoms with Gasteiger partial charge in [-0.15, -0.1) is 5.10 Å². The van der Waals surface area contributed by atoms with Crippen molar-refractivity contribution < 1.29 is 5.21 Å². The van der Waals surface area contributed by atoms with Crippen molar-refractivity contribution in [2.75, 3.05) is 12.8 Å². The van der Waals surface area contributed by atoms with Crippen molar-refractivity contribution in [3.63, 3.8) is 0 Å². The molecule has 1 heterocycles. The molecule has 1 aliphatic carbocycles. The van der Waals surface area contributed by atoms with E-state index in [1.54, 1.807) is 25.2 Å². The molecule has 0 unspecified atom stereocenters. The third-order valence-corrected chi connectivity index (χ3v) is 2.08. The van der Waals surface area contributed by atoms with Gasteiger partial charge in [0.05, 0.1) is 17.2 Å². The van der Waals surface area contributed by atoms with E-state index in [0.717, 1.165) is 15.8 Å². The summed E-state index contributed by atoms with van der Waals surface area (Å²) in [6, 6.07) is 5.26. The Balaban J connectivity index is 2.95. The molecule has 0 aromatic heterocycles. The highest BCUT2D eigenvalue weighted by Crippen LogP contribution is 2.21. The van der Waals surface area contributed by atoms with Crippen molar-refractivity contribution >= 4 is 5.69 Å². The summed E-state index contributed by atoms with van der Waals surface area (Å²) in [6.45, 7) is 0. The van der Waals surface area contributed by atoms with E-state index in [-0.39, 0.29) is 0 Å². The van der Waals surface area contributed by atoms with Crippen LogP contribution in [0.25, 0.3) is 11.3 Å². The number of fused-ring (bicyclic) bond motifs is 1. The first-order valence-electron chi connectivity index (χ1n) is 4.12. The molecule has 5 nitrogen and oxygen atoms in total. The van der Waals surface area contributed by atoms with E-state index in [1.807, 2.05) is 0 Å². The van der Waals surface area contributed by atoms with Crippen LogP contribution < -0.4 is 11.1 Å². The van der Waals surface area contributed by atoms with Crippen LogP contribution in [0.2, 0.25) is 0 Å². The van der Waals surface area contributed by atoms with Gasteiger partial charge >= 0.3 is 0 Å². The number of benzene rings is 1. The molecule has 1 aliphatic heterocycles. The Hall–Kier alpha value is -2.04. The molecule has 0 atom stereocenters. The van der Waals surface area contributed by atoms with E-state index in [1.165, 1.54) is 6.20 Å². The fourth-order valence-corrected chi connectivity index (χ4v) is 1.43. The van der Waals surface area contributed by atoms with Gasteiger partial charge in [0.15, 0.2) is 0 Å². The lowest BCUT2D eigenvalue weighted by Crippen LogP contribution is -2.15. The van der Waals surface area contributed by atoms with Crippen molar-refractivity contribution in [2.45, 2.75) is 0 Å². The first-order chi connectivity index (χ1) is 6.74. The van der Waals surface area contributed by atoms with E-state index < -0.39 is 0 Å². The molecule has 0 radical (unpaired) electrons. The van der Waals surface area contributed by atoms with E-state index in [4.69, 9.17) is 5.73 Å². The third kappa shape index (κ3) is 1.10. The van der Waals surface area contributed by atoms with Crippen LogP contribution in [0.3, 0.4) is 0 Å². The molecule has 0 amide bonds. The monoisotopic (exact) mass is 190 g/mol. The second-order valence-electron chi connectivity index (χ2n) is 2.88. The molecular formula is C9H10N4O. The van der Waals surface area contributed by atoms with Gasteiger partial charge in [-0.25, -0.2) is 0 Å². The lowest BCUT2D eigenvalue weighted by molar-refractivity contribution is 0.149. The number of nitrogen functional groups attached to an aromatic ring is 1. The summed E-state index contributed by atoms with van der Waals surface area (Å²) in [5.41, 5.74) is 7.46. The van der Waals surface area contributed by atoms with Gasteiger partial charge in [-0.05, 0) is 18.2 Å². The first-order valence-corrected chi connectivity index (χ1v) is 4.12. The maximum Gasteiger partial charge on any atom is 0.133 e. The van der Waals surface area contributed by atoms with Gasteiger partial charge in [0, 0.05) is 12.6 Å². The Morgan fingerprint density at radius 2 is 2.21 bits per heavy atom. The van der Waals surface area contributed by atoms with Crippen molar-refractivity contribution in [1.82, 2.24) is 9.94 Å². The topological polar surface area (TPSA) is 76.4 Å². The highest BCUT2D eigenvalue weighted by Gasteiger charge is 2.11. The Morgan fingerprint density at radius 3 is 2.93 bits per heavy atom. The SMILES string of the molecule is CN=c1ccc(N)c2n(O)nccc1-2. The summed E-state index contributed by atoms with van der Waals surface area (Å²) in [4.78, 5) is 4.84. The van der Waals surface area contributed by atoms with E-state index in [9.17, 15) is 5.21 Å². The molecule has 2 rings (SSSR count). The van der Waals surface area contributed by atoms with Gasteiger partial charge in [0.2, 0.25) is 0 Å². The van der Waals surface area contributed by atoms with Crippen molar-refractivity contribution in [2.24, 2.45) is 4.99 Å². The smallest absolute Gasteiger partial charge is 0.133 e. The number of aromatic nitrogens is 2. The Labute approximate surface area is 80.4 Å². The van der Waals surface area contributed by atoms with Crippen LogP contribution in [0.15, 0.2) is 29.4 Å². The largest absolute Gasteiger partial charge is 0.411 e. The number of hydrogen-bond donors (Lipinski definition) is 2. The minimum Gasteiger partial charge on any atom is -0.411 e. The van der Waals surface area contributed by atoms with Crippen molar-refractivity contribution in [1.29, 1.82) is 0 Å². The third-order valence-electron chi connectivity index (χ3n) is 2.08. The second kappa shape index (κ2) is 3.02. The summed E-state index contributed by atoms with van der Waals surface area (Å²) in [5.74, 6) is 0. The Kier molecular flexibility index (Phi) is 1.85. The zero-order valence-electron chi connectivity index (χ0n) is 7.68. The summed E-state index contributed by atoms with van der Waals surface area (Å²) in [5, 5.41) is 13.9. The van der Waals surface area contributed by atoms with Gasteiger partial charge in [0.1, 0.15) is 5.69 Å². The van der Waals surface area contributed by atoms with Crippen LogP contribution >= 0.6 is 0 Å². The molecule has 0 saturated carbocycles. The fraction of sp³-hybridized carbons (Fsp3) is 0.111. The molecule has 3 N–H and O–H groups in total. The molecule has 0 spiro atoms. The normalized spacial score (nSPS) is 12.2. The lowest BCUT2D eigenvalue weighted by atomic mass is 10.1. The quantitative estimate of drug-likeness (QED) is 0.464. The van der Waals surface area contributed by atoms with E-state index in [0.29, 0.717) is 11.4 Å². The Morgan fingerprint density at radius 1 is 1.43 bits per heavy atom. The minimum atomic E-state index is 0.475. The maximum atomic E-state index is 9.46. The molecule has 14 heavy (non-hydrogen) atoms. The summed E-state index contributed by atoms with van der Waals surface area (Å²) in [7, 11) is 1.69. The molecule has 0 bridgehead atoms. The number of hydrogen-bond acceptors (Lipinski definition) is 4. The van der Waals surface area contributed by atoms with Crippen molar-refractivity contribution in [3.8, 4) is 11.3 Å². The maximum absolute atomic E-state index is 9.46. The van der Waals surface area contributed by atoms with Crippen LogP contribution in [0.1, 0.15) is 0 Å². The van der Waals surface area contributed by atoms with Crippen LogP contribution in [-0.4, -0.2) is 22.2 Å². The highest BCUT2D eigenvalue weighted by atomic mass is 16.5. The molecule has 72 valence electrons.